The molecule has 2 aromatic rings. The summed E-state index contributed by atoms with van der Waals surface area (Å²) < 4.78 is 12.1. The molecule has 0 spiro atoms. The number of hydrogen-bond donors (Lipinski definition) is 1. The summed E-state index contributed by atoms with van der Waals surface area (Å²) in [5.74, 6) is 0.745. The van der Waals surface area contributed by atoms with Crippen LogP contribution < -0.4 is 5.46 Å². The molecular formula is C13H18BN3O2. The highest BCUT2D eigenvalue weighted by molar-refractivity contribution is 6.65. The molecule has 3 rings (SSSR count). The fraction of sp³-hybridized carbons (Fsp3) is 0.538. The maximum absolute atomic E-state index is 6.05. The molecule has 0 unspecified atom stereocenters. The molecule has 0 amide bonds. The molecule has 3 heterocycles. The van der Waals surface area contributed by atoms with E-state index in [0.29, 0.717) is 0 Å². The van der Waals surface area contributed by atoms with Crippen molar-refractivity contribution in [2.75, 3.05) is 0 Å². The molecule has 1 fully saturated rings. The van der Waals surface area contributed by atoms with Crippen molar-refractivity contribution in [2.45, 2.75) is 45.8 Å². The topological polar surface area (TPSA) is 60.0 Å². The SMILES string of the molecule is Cc1ncc2c(B3OC(C)(C)C(C)(C)O3)c[nH]c2n1. The molecule has 1 aliphatic heterocycles. The normalized spacial score (nSPS) is 21.2. The smallest absolute Gasteiger partial charge is 0.399 e. The fourth-order valence-electron chi connectivity index (χ4n) is 2.18. The molecule has 0 saturated carbocycles. The van der Waals surface area contributed by atoms with Gasteiger partial charge in [-0.15, -0.1) is 0 Å². The summed E-state index contributed by atoms with van der Waals surface area (Å²) in [7, 11) is -0.384. The molecule has 0 aliphatic carbocycles. The molecule has 0 bridgehead atoms. The summed E-state index contributed by atoms with van der Waals surface area (Å²) >= 11 is 0. The van der Waals surface area contributed by atoms with Gasteiger partial charge >= 0.3 is 7.12 Å². The number of aromatic nitrogens is 3. The maximum Gasteiger partial charge on any atom is 0.497 e. The minimum atomic E-state index is -0.384. The molecule has 5 nitrogen and oxygen atoms in total. The van der Waals surface area contributed by atoms with Gasteiger partial charge in [0, 0.05) is 23.2 Å². The highest BCUT2D eigenvalue weighted by Crippen LogP contribution is 2.36. The van der Waals surface area contributed by atoms with Crippen LogP contribution >= 0.6 is 0 Å². The summed E-state index contributed by atoms with van der Waals surface area (Å²) in [6, 6.07) is 0. The van der Waals surface area contributed by atoms with Gasteiger partial charge in [-0.1, -0.05) is 0 Å². The lowest BCUT2D eigenvalue weighted by Gasteiger charge is -2.32. The Bertz CT molecular complexity index is 620. The van der Waals surface area contributed by atoms with Gasteiger partial charge in [-0.25, -0.2) is 9.97 Å². The van der Waals surface area contributed by atoms with Gasteiger partial charge in [0.05, 0.1) is 11.2 Å². The number of nitrogens with zero attached hydrogens (tertiary/aromatic N) is 2. The van der Waals surface area contributed by atoms with E-state index >= 15 is 0 Å². The molecule has 0 atom stereocenters. The van der Waals surface area contributed by atoms with Gasteiger partial charge in [-0.3, -0.25) is 0 Å². The van der Waals surface area contributed by atoms with Crippen molar-refractivity contribution in [3.8, 4) is 0 Å². The fourth-order valence-corrected chi connectivity index (χ4v) is 2.18. The molecule has 1 aliphatic rings. The molecule has 1 N–H and O–H groups in total. The van der Waals surface area contributed by atoms with Crippen LogP contribution in [-0.4, -0.2) is 33.3 Å². The number of aryl methyl sites for hydroxylation is 1. The van der Waals surface area contributed by atoms with Gasteiger partial charge in [0.1, 0.15) is 11.5 Å². The van der Waals surface area contributed by atoms with E-state index in [2.05, 4.69) is 15.0 Å². The van der Waals surface area contributed by atoms with Crippen molar-refractivity contribution in [2.24, 2.45) is 0 Å². The molecule has 2 aromatic heterocycles. The summed E-state index contributed by atoms with van der Waals surface area (Å²) in [4.78, 5) is 11.8. The van der Waals surface area contributed by atoms with Crippen LogP contribution in [0.4, 0.5) is 0 Å². The monoisotopic (exact) mass is 259 g/mol. The van der Waals surface area contributed by atoms with Gasteiger partial charge in [-0.2, -0.15) is 0 Å². The number of rotatable bonds is 1. The first-order valence-electron chi connectivity index (χ1n) is 6.46. The van der Waals surface area contributed by atoms with Gasteiger partial charge < -0.3 is 14.3 Å². The van der Waals surface area contributed by atoms with E-state index in [0.717, 1.165) is 22.3 Å². The van der Waals surface area contributed by atoms with Crippen LogP contribution in [0.5, 0.6) is 0 Å². The third-order valence-electron chi connectivity index (χ3n) is 4.09. The minimum absolute atomic E-state index is 0.340. The average Bonchev–Trinajstić information content (AvgIpc) is 2.77. The number of H-pyrrole nitrogens is 1. The van der Waals surface area contributed by atoms with Crippen LogP contribution in [0.25, 0.3) is 11.0 Å². The van der Waals surface area contributed by atoms with E-state index in [1.54, 1.807) is 0 Å². The number of nitrogens with one attached hydrogen (secondary N) is 1. The summed E-state index contributed by atoms with van der Waals surface area (Å²) in [6.07, 6.45) is 3.70. The number of fused-ring (bicyclic) bond motifs is 1. The first kappa shape index (κ1) is 12.6. The van der Waals surface area contributed by atoms with Crippen molar-refractivity contribution >= 4 is 23.6 Å². The Kier molecular flexibility index (Phi) is 2.53. The predicted molar refractivity (Wildman–Crippen MR) is 74.3 cm³/mol. The van der Waals surface area contributed by atoms with Crippen molar-refractivity contribution in [1.29, 1.82) is 0 Å². The second-order valence-electron chi connectivity index (χ2n) is 6.01. The highest BCUT2D eigenvalue weighted by atomic mass is 16.7. The Morgan fingerprint density at radius 1 is 1.16 bits per heavy atom. The second kappa shape index (κ2) is 3.80. The Labute approximate surface area is 112 Å². The largest absolute Gasteiger partial charge is 0.497 e. The van der Waals surface area contributed by atoms with Gasteiger partial charge in [0.2, 0.25) is 0 Å². The number of hydrogen-bond acceptors (Lipinski definition) is 4. The highest BCUT2D eigenvalue weighted by Gasteiger charge is 2.52. The quantitative estimate of drug-likeness (QED) is 0.789. The zero-order valence-corrected chi connectivity index (χ0v) is 11.9. The second-order valence-corrected chi connectivity index (χ2v) is 6.01. The Hall–Kier alpha value is -1.40. The summed E-state index contributed by atoms with van der Waals surface area (Å²) in [5.41, 5.74) is 1.09. The summed E-state index contributed by atoms with van der Waals surface area (Å²) in [5, 5.41) is 0.948. The van der Waals surface area contributed by atoms with Crippen LogP contribution in [0.3, 0.4) is 0 Å². The summed E-state index contributed by atoms with van der Waals surface area (Å²) in [6.45, 7) is 10.0. The molecule has 0 aromatic carbocycles. The van der Waals surface area contributed by atoms with E-state index in [-0.39, 0.29) is 18.3 Å². The van der Waals surface area contributed by atoms with E-state index in [9.17, 15) is 0 Å². The lowest BCUT2D eigenvalue weighted by molar-refractivity contribution is 0.00578. The molecule has 100 valence electrons. The molecular weight excluding hydrogens is 241 g/mol. The van der Waals surface area contributed by atoms with E-state index < -0.39 is 0 Å². The Morgan fingerprint density at radius 3 is 2.42 bits per heavy atom. The van der Waals surface area contributed by atoms with Crippen LogP contribution in [-0.2, 0) is 9.31 Å². The lowest BCUT2D eigenvalue weighted by atomic mass is 9.79. The predicted octanol–water partition coefficient (Wildman–Crippen LogP) is 1.57. The van der Waals surface area contributed by atoms with E-state index in [1.807, 2.05) is 47.0 Å². The minimum Gasteiger partial charge on any atom is -0.399 e. The molecule has 1 saturated heterocycles. The maximum atomic E-state index is 6.05. The standard InChI is InChI=1S/C13H18BN3O2/c1-8-15-6-9-10(7-16-11(9)17-8)14-18-12(2,3)13(4,5)19-14/h6-7H,1-5H3,(H,15,16,17). The third kappa shape index (κ3) is 1.86. The third-order valence-corrected chi connectivity index (χ3v) is 4.09. The van der Waals surface area contributed by atoms with Crippen LogP contribution in [0.15, 0.2) is 12.4 Å². The molecule has 0 radical (unpaired) electrons. The van der Waals surface area contributed by atoms with Crippen molar-refractivity contribution in [3.05, 3.63) is 18.2 Å². The first-order chi connectivity index (χ1) is 8.80. The molecule has 19 heavy (non-hydrogen) atoms. The van der Waals surface area contributed by atoms with Crippen molar-refractivity contribution in [1.82, 2.24) is 15.0 Å². The van der Waals surface area contributed by atoms with Crippen LogP contribution in [0.2, 0.25) is 0 Å². The van der Waals surface area contributed by atoms with Crippen molar-refractivity contribution in [3.63, 3.8) is 0 Å². The van der Waals surface area contributed by atoms with Crippen LogP contribution in [0, 0.1) is 6.92 Å². The van der Waals surface area contributed by atoms with Gasteiger partial charge in [0.25, 0.3) is 0 Å². The number of aromatic amines is 1. The van der Waals surface area contributed by atoms with Gasteiger partial charge in [0.15, 0.2) is 0 Å². The zero-order valence-electron chi connectivity index (χ0n) is 11.9. The van der Waals surface area contributed by atoms with E-state index in [4.69, 9.17) is 9.31 Å². The first-order valence-corrected chi connectivity index (χ1v) is 6.46. The van der Waals surface area contributed by atoms with Crippen molar-refractivity contribution < 1.29 is 9.31 Å². The van der Waals surface area contributed by atoms with Crippen LogP contribution in [0.1, 0.15) is 33.5 Å². The molecule has 6 heteroatoms. The zero-order chi connectivity index (χ0) is 13.8. The Balaban J connectivity index is 2.03. The average molecular weight is 259 g/mol. The Morgan fingerprint density at radius 2 is 1.79 bits per heavy atom. The lowest BCUT2D eigenvalue weighted by Crippen LogP contribution is -2.41. The van der Waals surface area contributed by atoms with E-state index in [1.165, 1.54) is 0 Å². The van der Waals surface area contributed by atoms with Gasteiger partial charge in [-0.05, 0) is 34.6 Å².